The van der Waals surface area contributed by atoms with Gasteiger partial charge in [0.25, 0.3) is 5.69 Å². The molecule has 6 heteroatoms. The topological polar surface area (TPSA) is 58.4 Å². The number of rotatable bonds is 4. The first-order valence-corrected chi connectivity index (χ1v) is 9.67. The highest BCUT2D eigenvalue weighted by Crippen LogP contribution is 2.56. The van der Waals surface area contributed by atoms with Crippen LogP contribution < -0.4 is 10.4 Å². The van der Waals surface area contributed by atoms with Gasteiger partial charge in [0.15, 0.2) is 0 Å². The number of nitro groups is 1. The zero-order chi connectivity index (χ0) is 18.0. The number of halogens is 1. The summed E-state index contributed by atoms with van der Waals surface area (Å²) in [5, 5.41) is 13.5. The van der Waals surface area contributed by atoms with Gasteiger partial charge >= 0.3 is 0 Å². The molecule has 3 rings (SSSR count). The maximum Gasteiger partial charge on any atom is 0.283 e. The quantitative estimate of drug-likeness (QED) is 0.540. The van der Waals surface area contributed by atoms with Crippen molar-refractivity contribution >= 4 is 27.3 Å². The van der Waals surface area contributed by atoms with E-state index in [1.165, 1.54) is 12.1 Å². The molecular weight excluding hydrogens is 382 g/mol. The molecule has 0 bridgehead atoms. The Morgan fingerprint density at radius 1 is 1.36 bits per heavy atom. The summed E-state index contributed by atoms with van der Waals surface area (Å²) in [6, 6.07) is 3.66. The van der Waals surface area contributed by atoms with Crippen LogP contribution >= 0.6 is 15.9 Å². The molecular formula is C19H24BrN3O2. The monoisotopic (exact) mass is 405 g/mol. The van der Waals surface area contributed by atoms with Crippen LogP contribution in [0.25, 0.3) is 0 Å². The Bertz CT molecular complexity index is 736. The molecule has 0 amide bonds. The van der Waals surface area contributed by atoms with Gasteiger partial charge in [0.1, 0.15) is 0 Å². The van der Waals surface area contributed by atoms with Crippen molar-refractivity contribution in [1.29, 1.82) is 0 Å². The van der Waals surface area contributed by atoms with Crippen molar-refractivity contribution in [2.45, 2.75) is 50.9 Å². The first-order valence-electron chi connectivity index (χ1n) is 8.88. The lowest BCUT2D eigenvalue weighted by molar-refractivity contribution is -0.385. The van der Waals surface area contributed by atoms with Crippen LogP contribution in [-0.4, -0.2) is 12.0 Å². The highest BCUT2D eigenvalue weighted by Gasteiger charge is 2.48. The second-order valence-corrected chi connectivity index (χ2v) is 7.52. The number of nitrogens with zero attached hydrogens (tertiary/aromatic N) is 2. The Morgan fingerprint density at radius 3 is 2.68 bits per heavy atom. The number of benzene rings is 1. The summed E-state index contributed by atoms with van der Waals surface area (Å²) >= 11 is 3.37. The lowest BCUT2D eigenvalue weighted by atomic mass is 9.68. The van der Waals surface area contributed by atoms with Crippen LogP contribution in [-0.2, 0) is 5.41 Å². The van der Waals surface area contributed by atoms with E-state index in [4.69, 9.17) is 0 Å². The molecule has 0 radical (unpaired) electrons. The third kappa shape index (κ3) is 3.02. The van der Waals surface area contributed by atoms with Gasteiger partial charge in [-0.15, -0.1) is 0 Å². The SMILES string of the molecule is CC/C=C/C=C1/N(NC)c2cc(Br)c([N+](=O)[O-])cc2C12CCCCC2. The zero-order valence-electron chi connectivity index (χ0n) is 14.7. The smallest absolute Gasteiger partial charge is 0.280 e. The Morgan fingerprint density at radius 2 is 2.08 bits per heavy atom. The van der Waals surface area contributed by atoms with Crippen LogP contribution in [0.2, 0.25) is 0 Å². The van der Waals surface area contributed by atoms with Gasteiger partial charge in [-0.05, 0) is 52.9 Å². The second kappa shape index (κ2) is 7.30. The molecule has 1 spiro atoms. The van der Waals surface area contributed by atoms with E-state index in [9.17, 15) is 10.1 Å². The minimum absolute atomic E-state index is 0.139. The van der Waals surface area contributed by atoms with Crippen LogP contribution in [0.1, 0.15) is 51.0 Å². The van der Waals surface area contributed by atoms with E-state index in [0.29, 0.717) is 4.47 Å². The van der Waals surface area contributed by atoms with E-state index >= 15 is 0 Å². The van der Waals surface area contributed by atoms with Crippen molar-refractivity contribution in [3.8, 4) is 0 Å². The lowest BCUT2D eigenvalue weighted by Crippen LogP contribution is -2.38. The Balaban J connectivity index is 2.22. The largest absolute Gasteiger partial charge is 0.283 e. The van der Waals surface area contributed by atoms with E-state index in [2.05, 4.69) is 51.5 Å². The third-order valence-corrected chi connectivity index (χ3v) is 5.94. The molecule has 0 unspecified atom stereocenters. The first-order chi connectivity index (χ1) is 12.0. The molecule has 1 aliphatic carbocycles. The summed E-state index contributed by atoms with van der Waals surface area (Å²) in [4.78, 5) is 11.2. The van der Waals surface area contributed by atoms with Gasteiger partial charge in [-0.1, -0.05) is 38.3 Å². The van der Waals surface area contributed by atoms with Gasteiger partial charge in [0.2, 0.25) is 0 Å². The average Bonchev–Trinajstić information content (AvgIpc) is 2.83. The molecule has 5 nitrogen and oxygen atoms in total. The van der Waals surface area contributed by atoms with Crippen molar-refractivity contribution < 1.29 is 4.92 Å². The fraction of sp³-hybridized carbons (Fsp3) is 0.474. The van der Waals surface area contributed by atoms with E-state index in [0.717, 1.165) is 43.4 Å². The van der Waals surface area contributed by atoms with Gasteiger partial charge < -0.3 is 0 Å². The molecule has 1 aromatic carbocycles. The fourth-order valence-electron chi connectivity index (χ4n) is 4.19. The summed E-state index contributed by atoms with van der Waals surface area (Å²) in [6.07, 6.45) is 13.0. The minimum Gasteiger partial charge on any atom is -0.280 e. The van der Waals surface area contributed by atoms with Crippen molar-refractivity contribution in [1.82, 2.24) is 5.43 Å². The van der Waals surface area contributed by atoms with Crippen LogP contribution in [0, 0.1) is 10.1 Å². The molecule has 0 saturated heterocycles. The first kappa shape index (κ1) is 18.1. The van der Waals surface area contributed by atoms with Crippen molar-refractivity contribution in [3.63, 3.8) is 0 Å². The molecule has 2 aliphatic rings. The molecule has 1 heterocycles. The fourth-order valence-corrected chi connectivity index (χ4v) is 4.67. The van der Waals surface area contributed by atoms with Gasteiger partial charge in [-0.25, -0.2) is 5.43 Å². The number of nitrogens with one attached hydrogen (secondary N) is 1. The zero-order valence-corrected chi connectivity index (χ0v) is 16.3. The van der Waals surface area contributed by atoms with Crippen LogP contribution in [0.5, 0.6) is 0 Å². The molecule has 1 aromatic rings. The summed E-state index contributed by atoms with van der Waals surface area (Å²) in [7, 11) is 1.90. The standard InChI is InChI=1S/C19H24BrN3O2/c1-3-4-6-9-18-19(10-7-5-8-11-19)14-12-17(23(24)25)15(20)13-16(14)22(18)21-2/h4,6,9,12-13,21H,3,5,7-8,10-11H2,1-2H3/b6-4+,18-9+. The molecule has 1 N–H and O–H groups in total. The Kier molecular flexibility index (Phi) is 5.29. The molecule has 1 fully saturated rings. The van der Waals surface area contributed by atoms with Gasteiger partial charge in [-0.3, -0.25) is 15.1 Å². The predicted octanol–water partition coefficient (Wildman–Crippen LogP) is 5.36. The third-order valence-electron chi connectivity index (χ3n) is 5.31. The number of hydrogen-bond donors (Lipinski definition) is 1. The number of fused-ring (bicyclic) bond motifs is 2. The van der Waals surface area contributed by atoms with Crippen LogP contribution in [0.3, 0.4) is 0 Å². The predicted molar refractivity (Wildman–Crippen MR) is 105 cm³/mol. The summed E-state index contributed by atoms with van der Waals surface area (Å²) < 4.78 is 0.521. The number of anilines is 1. The molecule has 0 atom stereocenters. The van der Waals surface area contributed by atoms with Gasteiger partial charge in [0.05, 0.1) is 15.1 Å². The van der Waals surface area contributed by atoms with Gasteiger partial charge in [-0.2, -0.15) is 0 Å². The summed E-state index contributed by atoms with van der Waals surface area (Å²) in [5.74, 6) is 0. The number of nitro benzene ring substituents is 1. The Hall–Kier alpha value is -1.66. The normalized spacial score (nSPS) is 20.6. The maximum atomic E-state index is 11.5. The van der Waals surface area contributed by atoms with E-state index in [1.54, 1.807) is 6.07 Å². The summed E-state index contributed by atoms with van der Waals surface area (Å²) in [6.45, 7) is 2.12. The maximum absolute atomic E-state index is 11.5. The highest BCUT2D eigenvalue weighted by molar-refractivity contribution is 9.10. The number of allylic oxidation sites excluding steroid dienone is 4. The minimum atomic E-state index is -0.302. The number of hydrogen-bond acceptors (Lipinski definition) is 4. The average molecular weight is 406 g/mol. The van der Waals surface area contributed by atoms with E-state index in [1.807, 2.05) is 13.1 Å². The highest BCUT2D eigenvalue weighted by atomic mass is 79.9. The van der Waals surface area contributed by atoms with Crippen molar-refractivity contribution in [3.05, 3.63) is 56.2 Å². The van der Waals surface area contributed by atoms with Crippen molar-refractivity contribution in [2.24, 2.45) is 0 Å². The molecule has 25 heavy (non-hydrogen) atoms. The van der Waals surface area contributed by atoms with E-state index < -0.39 is 0 Å². The van der Waals surface area contributed by atoms with Crippen LogP contribution in [0.4, 0.5) is 11.4 Å². The number of hydrazine groups is 1. The Labute approximate surface area is 157 Å². The van der Waals surface area contributed by atoms with Gasteiger partial charge in [0, 0.05) is 24.2 Å². The molecule has 0 aromatic heterocycles. The second-order valence-electron chi connectivity index (χ2n) is 6.67. The lowest BCUT2D eigenvalue weighted by Gasteiger charge is -2.36. The molecule has 134 valence electrons. The molecule has 1 saturated carbocycles. The van der Waals surface area contributed by atoms with Crippen LogP contribution in [0.15, 0.2) is 40.5 Å². The van der Waals surface area contributed by atoms with Crippen molar-refractivity contribution in [2.75, 3.05) is 12.1 Å². The summed E-state index contributed by atoms with van der Waals surface area (Å²) in [5.41, 5.74) is 6.57. The van der Waals surface area contributed by atoms with E-state index in [-0.39, 0.29) is 16.0 Å². The molecule has 1 aliphatic heterocycles.